The first-order valence-corrected chi connectivity index (χ1v) is 12.2. The van der Waals surface area contributed by atoms with Crippen molar-refractivity contribution in [3.05, 3.63) is 57.0 Å². The quantitative estimate of drug-likeness (QED) is 0.334. The van der Waals surface area contributed by atoms with Crippen LogP contribution in [0, 0.1) is 0 Å². The smallest absolute Gasteiger partial charge is 0.409 e. The molecule has 0 radical (unpaired) electrons. The maximum atomic E-state index is 14.2. The number of halogens is 8. The number of amides is 2. The minimum Gasteiger partial charge on any atom is -0.409 e. The van der Waals surface area contributed by atoms with Crippen molar-refractivity contribution in [2.24, 2.45) is 5.16 Å². The molecule has 0 spiro atoms. The molecule has 1 aromatic carbocycles. The summed E-state index contributed by atoms with van der Waals surface area (Å²) in [5.41, 5.74) is -3.16. The first kappa shape index (κ1) is 28.7. The molecule has 0 aliphatic carbocycles. The standard InChI is InChI=1S/C22H14Cl2F6N4O4S/c23-12-3-11(4-13(24)5-12)20(22(28,29)30)6-15(34-38-20)16-2-10-1-14(7-31-18(10)39-16)37-19(36)32-8-17(35)33-9-21(25,26)27/h1-5,7H,6,8-9H2,(H,32,36)(H,33,35). The SMILES string of the molecule is O=C(CNC(=O)Oc1cnc2sc(C3=NOC(c4cc(Cl)cc(Cl)c4)(C(F)(F)F)C3)cc2c1)NCC(F)(F)F. The van der Waals surface area contributed by atoms with Gasteiger partial charge in [0.25, 0.3) is 5.60 Å². The number of ether oxygens (including phenoxy) is 1. The molecule has 3 heterocycles. The Morgan fingerprint density at radius 3 is 2.38 bits per heavy atom. The van der Waals surface area contributed by atoms with E-state index in [1.54, 1.807) is 5.32 Å². The Hall–Kier alpha value is -3.30. The lowest BCUT2D eigenvalue weighted by Gasteiger charge is -2.29. The number of hydrogen-bond donors (Lipinski definition) is 2. The van der Waals surface area contributed by atoms with Gasteiger partial charge in [0.2, 0.25) is 5.91 Å². The van der Waals surface area contributed by atoms with Gasteiger partial charge in [-0.05, 0) is 30.3 Å². The number of aromatic nitrogens is 1. The van der Waals surface area contributed by atoms with Gasteiger partial charge < -0.3 is 20.2 Å². The van der Waals surface area contributed by atoms with Crippen molar-refractivity contribution < 1.29 is 45.5 Å². The molecule has 2 amide bonds. The van der Waals surface area contributed by atoms with Gasteiger partial charge in [-0.1, -0.05) is 28.4 Å². The molecule has 3 aromatic rings. The first-order valence-electron chi connectivity index (χ1n) is 10.6. The summed E-state index contributed by atoms with van der Waals surface area (Å²) >= 11 is 12.8. The highest BCUT2D eigenvalue weighted by atomic mass is 35.5. The van der Waals surface area contributed by atoms with Crippen LogP contribution in [-0.2, 0) is 15.2 Å². The fraction of sp³-hybridized carbons (Fsp3) is 0.273. The lowest BCUT2D eigenvalue weighted by molar-refractivity contribution is -0.275. The molecule has 17 heteroatoms. The topological polar surface area (TPSA) is 102 Å². The molecule has 0 fully saturated rings. The highest BCUT2D eigenvalue weighted by Crippen LogP contribution is 2.50. The van der Waals surface area contributed by atoms with Crippen LogP contribution < -0.4 is 15.4 Å². The van der Waals surface area contributed by atoms with Crippen molar-refractivity contribution in [3.63, 3.8) is 0 Å². The lowest BCUT2D eigenvalue weighted by Crippen LogP contribution is -2.42. The van der Waals surface area contributed by atoms with Crippen molar-refractivity contribution >= 4 is 62.5 Å². The fourth-order valence-electron chi connectivity index (χ4n) is 3.49. The summed E-state index contributed by atoms with van der Waals surface area (Å²) in [5, 5.41) is 7.62. The summed E-state index contributed by atoms with van der Waals surface area (Å²) in [6.45, 7) is -2.33. The summed E-state index contributed by atoms with van der Waals surface area (Å²) in [4.78, 5) is 33.0. The van der Waals surface area contributed by atoms with Crippen LogP contribution in [0.5, 0.6) is 5.75 Å². The minimum absolute atomic E-state index is 0.0114. The number of thiophene rings is 1. The van der Waals surface area contributed by atoms with Gasteiger partial charge in [0.15, 0.2) is 5.75 Å². The molecular formula is C22H14Cl2F6N4O4S. The van der Waals surface area contributed by atoms with Crippen molar-refractivity contribution in [2.75, 3.05) is 13.1 Å². The van der Waals surface area contributed by atoms with E-state index in [1.807, 2.05) is 5.32 Å². The Labute approximate surface area is 228 Å². The molecule has 1 aliphatic rings. The van der Waals surface area contributed by atoms with Crippen molar-refractivity contribution in [3.8, 4) is 5.75 Å². The van der Waals surface area contributed by atoms with Gasteiger partial charge in [-0.2, -0.15) is 26.3 Å². The van der Waals surface area contributed by atoms with Gasteiger partial charge in [-0.15, -0.1) is 11.3 Å². The molecular weight excluding hydrogens is 601 g/mol. The Bertz CT molecular complexity index is 1440. The third kappa shape index (κ3) is 6.65. The van der Waals surface area contributed by atoms with Crippen LogP contribution >= 0.6 is 34.5 Å². The Kier molecular flexibility index (Phi) is 7.87. The van der Waals surface area contributed by atoms with Gasteiger partial charge in [-0.3, -0.25) is 4.79 Å². The Morgan fingerprint density at radius 1 is 1.05 bits per heavy atom. The number of oxime groups is 1. The maximum absolute atomic E-state index is 14.2. The van der Waals surface area contributed by atoms with Gasteiger partial charge >= 0.3 is 18.4 Å². The van der Waals surface area contributed by atoms with Gasteiger partial charge in [0, 0.05) is 21.0 Å². The van der Waals surface area contributed by atoms with E-state index in [0.717, 1.165) is 29.7 Å². The van der Waals surface area contributed by atoms with Crippen molar-refractivity contribution in [1.82, 2.24) is 15.6 Å². The van der Waals surface area contributed by atoms with Gasteiger partial charge in [-0.25, -0.2) is 9.78 Å². The van der Waals surface area contributed by atoms with E-state index in [9.17, 15) is 35.9 Å². The average molecular weight is 615 g/mol. The molecule has 1 unspecified atom stereocenters. The molecule has 0 bridgehead atoms. The Morgan fingerprint density at radius 2 is 1.74 bits per heavy atom. The number of rotatable bonds is 6. The first-order chi connectivity index (χ1) is 18.1. The summed E-state index contributed by atoms with van der Waals surface area (Å²) in [6, 6.07) is 6.31. The van der Waals surface area contributed by atoms with E-state index >= 15 is 0 Å². The number of nitrogens with one attached hydrogen (secondary N) is 2. The number of benzene rings is 1. The minimum atomic E-state index is -4.88. The second-order valence-corrected chi connectivity index (χ2v) is 10.0. The normalized spacial score (nSPS) is 17.5. The van der Waals surface area contributed by atoms with E-state index in [4.69, 9.17) is 32.8 Å². The van der Waals surface area contributed by atoms with Crippen LogP contribution in [0.25, 0.3) is 10.2 Å². The number of alkyl halides is 6. The van der Waals surface area contributed by atoms with E-state index in [0.29, 0.717) is 15.1 Å². The van der Waals surface area contributed by atoms with Crippen LogP contribution in [0.4, 0.5) is 31.1 Å². The molecule has 39 heavy (non-hydrogen) atoms. The van der Waals surface area contributed by atoms with Crippen LogP contribution in [0.15, 0.2) is 41.7 Å². The summed E-state index contributed by atoms with van der Waals surface area (Å²) < 4.78 is 84.0. The highest BCUT2D eigenvalue weighted by molar-refractivity contribution is 7.20. The second kappa shape index (κ2) is 10.7. The molecule has 208 valence electrons. The van der Waals surface area contributed by atoms with Crippen LogP contribution in [0.1, 0.15) is 16.9 Å². The van der Waals surface area contributed by atoms with E-state index in [-0.39, 0.29) is 27.1 Å². The number of fused-ring (bicyclic) bond motifs is 1. The van der Waals surface area contributed by atoms with Gasteiger partial charge in [0.05, 0.1) is 17.5 Å². The van der Waals surface area contributed by atoms with E-state index < -0.39 is 49.5 Å². The zero-order valence-electron chi connectivity index (χ0n) is 19.0. The highest BCUT2D eigenvalue weighted by Gasteiger charge is 2.62. The summed E-state index contributed by atoms with van der Waals surface area (Å²) in [6.07, 6.45) is -10.2. The molecule has 1 atom stereocenters. The number of nitrogens with zero attached hydrogens (tertiary/aromatic N) is 2. The van der Waals surface area contributed by atoms with Crippen LogP contribution in [0.2, 0.25) is 10.0 Å². The number of carbonyl (C=O) groups excluding carboxylic acids is 2. The van der Waals surface area contributed by atoms with E-state index in [2.05, 4.69) is 10.1 Å². The van der Waals surface area contributed by atoms with Gasteiger partial charge in [0.1, 0.15) is 23.6 Å². The molecule has 2 N–H and O–H groups in total. The molecule has 0 saturated heterocycles. The summed E-state index contributed by atoms with van der Waals surface area (Å²) in [7, 11) is 0. The fourth-order valence-corrected chi connectivity index (χ4v) is 4.98. The van der Waals surface area contributed by atoms with E-state index in [1.165, 1.54) is 18.2 Å². The largest absolute Gasteiger partial charge is 0.435 e. The summed E-state index contributed by atoms with van der Waals surface area (Å²) in [5.74, 6) is -1.18. The third-order valence-corrected chi connectivity index (χ3v) is 6.78. The molecule has 8 nitrogen and oxygen atoms in total. The predicted molar refractivity (Wildman–Crippen MR) is 129 cm³/mol. The zero-order chi connectivity index (χ0) is 28.6. The van der Waals surface area contributed by atoms with Crippen molar-refractivity contribution in [2.45, 2.75) is 24.4 Å². The molecule has 2 aromatic heterocycles. The third-order valence-electron chi connectivity index (χ3n) is 5.24. The van der Waals surface area contributed by atoms with Crippen molar-refractivity contribution in [1.29, 1.82) is 0 Å². The lowest BCUT2D eigenvalue weighted by atomic mass is 9.88. The zero-order valence-corrected chi connectivity index (χ0v) is 21.4. The molecule has 0 saturated carbocycles. The number of carbonyl (C=O) groups is 2. The Balaban J connectivity index is 1.46. The molecule has 4 rings (SSSR count). The van der Waals surface area contributed by atoms with Crippen LogP contribution in [-0.4, -0.2) is 48.1 Å². The number of hydrogen-bond acceptors (Lipinski definition) is 7. The van der Waals surface area contributed by atoms with Crippen LogP contribution in [0.3, 0.4) is 0 Å². The second-order valence-electron chi connectivity index (χ2n) is 8.10. The predicted octanol–water partition coefficient (Wildman–Crippen LogP) is 5.95. The number of pyridine rings is 1. The average Bonchev–Trinajstić information content (AvgIpc) is 3.45. The molecule has 1 aliphatic heterocycles. The monoisotopic (exact) mass is 614 g/mol. The maximum Gasteiger partial charge on any atom is 0.435 e.